The van der Waals surface area contributed by atoms with Crippen LogP contribution in [0.15, 0.2) is 15.5 Å². The third kappa shape index (κ3) is 3.86. The average Bonchev–Trinajstić information content (AvgIpc) is 2.42. The molecule has 1 N–H and O–H groups in total. The van der Waals surface area contributed by atoms with Crippen LogP contribution in [0.5, 0.6) is 17.2 Å². The Morgan fingerprint density at radius 3 is 2.60 bits per heavy atom. The Kier molecular flexibility index (Phi) is 6.30. The summed E-state index contributed by atoms with van der Waals surface area (Å²) in [4.78, 5) is 15.1. The van der Waals surface area contributed by atoms with Gasteiger partial charge in [-0.2, -0.15) is 0 Å². The molecule has 0 heterocycles. The molecular weight excluding hydrogens is 330 g/mol. The van der Waals surface area contributed by atoms with E-state index in [4.69, 9.17) is 14.2 Å². The molecule has 0 aromatic heterocycles. The van der Waals surface area contributed by atoms with Gasteiger partial charge in [-0.3, -0.25) is 9.79 Å². The van der Waals surface area contributed by atoms with Crippen LogP contribution in [0.4, 0.5) is 0 Å². The first-order valence-electron chi connectivity index (χ1n) is 5.84. The van der Waals surface area contributed by atoms with Gasteiger partial charge in [-0.25, -0.2) is 0 Å². The first-order chi connectivity index (χ1) is 9.54. The smallest absolute Gasteiger partial charge is 0.327 e. The molecule has 1 aromatic rings. The molecule has 0 saturated heterocycles. The van der Waals surface area contributed by atoms with Gasteiger partial charge in [0.1, 0.15) is 6.54 Å². The van der Waals surface area contributed by atoms with Gasteiger partial charge < -0.3 is 19.3 Å². The number of ether oxygens (including phenoxy) is 3. The number of aliphatic imine (C=N–C) groups is 1. The van der Waals surface area contributed by atoms with Crippen molar-refractivity contribution in [3.05, 3.63) is 16.1 Å². The third-order valence-electron chi connectivity index (χ3n) is 2.36. The number of benzene rings is 1. The van der Waals surface area contributed by atoms with E-state index >= 15 is 0 Å². The zero-order valence-corrected chi connectivity index (χ0v) is 13.1. The Balaban J connectivity index is 2.99. The van der Waals surface area contributed by atoms with Crippen LogP contribution in [0.2, 0.25) is 0 Å². The number of nitrogens with zero attached hydrogens (tertiary/aromatic N) is 1. The summed E-state index contributed by atoms with van der Waals surface area (Å²) in [5.41, 5.74) is 0.402. The number of halogens is 1. The second-order valence-corrected chi connectivity index (χ2v) is 4.49. The lowest BCUT2D eigenvalue weighted by Crippen LogP contribution is -2.07. The number of phenols is 1. The summed E-state index contributed by atoms with van der Waals surface area (Å²) in [7, 11) is 2.89. The second-order valence-electron chi connectivity index (χ2n) is 3.64. The van der Waals surface area contributed by atoms with Crippen LogP contribution in [-0.4, -0.2) is 44.7 Å². The number of rotatable bonds is 6. The predicted molar refractivity (Wildman–Crippen MR) is 78.0 cm³/mol. The van der Waals surface area contributed by atoms with Crippen LogP contribution in [0.3, 0.4) is 0 Å². The van der Waals surface area contributed by atoms with Crippen molar-refractivity contribution in [3.8, 4) is 17.2 Å². The Morgan fingerprint density at radius 1 is 1.40 bits per heavy atom. The zero-order valence-electron chi connectivity index (χ0n) is 11.5. The number of hydrogen-bond donors (Lipinski definition) is 1. The monoisotopic (exact) mass is 345 g/mol. The van der Waals surface area contributed by atoms with Crippen molar-refractivity contribution < 1.29 is 24.1 Å². The first-order valence-corrected chi connectivity index (χ1v) is 6.63. The maximum Gasteiger partial charge on any atom is 0.327 e. The van der Waals surface area contributed by atoms with Crippen LogP contribution in [0, 0.1) is 0 Å². The van der Waals surface area contributed by atoms with E-state index in [1.807, 2.05) is 0 Å². The molecular formula is C13H16BrNO5. The van der Waals surface area contributed by atoms with Crippen LogP contribution < -0.4 is 9.47 Å². The molecule has 0 fully saturated rings. The summed E-state index contributed by atoms with van der Waals surface area (Å²) >= 11 is 3.31. The normalized spacial score (nSPS) is 10.6. The fourth-order valence-corrected chi connectivity index (χ4v) is 2.11. The minimum atomic E-state index is -0.428. The van der Waals surface area contributed by atoms with E-state index < -0.39 is 5.97 Å². The fraction of sp³-hybridized carbons (Fsp3) is 0.385. The summed E-state index contributed by atoms with van der Waals surface area (Å²) in [5.74, 6) is 0.0370. The topological polar surface area (TPSA) is 77.4 Å². The zero-order chi connectivity index (χ0) is 15.1. The molecule has 0 aliphatic carbocycles. The molecule has 0 aliphatic rings. The molecule has 0 spiro atoms. The molecule has 0 amide bonds. The van der Waals surface area contributed by atoms with Crippen molar-refractivity contribution in [1.82, 2.24) is 0 Å². The molecule has 20 heavy (non-hydrogen) atoms. The Morgan fingerprint density at radius 2 is 2.05 bits per heavy atom. The minimum absolute atomic E-state index is 0.111. The van der Waals surface area contributed by atoms with Crippen molar-refractivity contribution in [1.29, 1.82) is 0 Å². The predicted octanol–water partition coefficient (Wildman–Crippen LogP) is 2.15. The second kappa shape index (κ2) is 7.74. The van der Waals surface area contributed by atoms with Crippen molar-refractivity contribution in [2.45, 2.75) is 6.92 Å². The van der Waals surface area contributed by atoms with Crippen LogP contribution in [0.1, 0.15) is 12.5 Å². The van der Waals surface area contributed by atoms with Crippen molar-refractivity contribution in [3.63, 3.8) is 0 Å². The Hall–Kier alpha value is -1.76. The van der Waals surface area contributed by atoms with Crippen LogP contribution in [-0.2, 0) is 9.53 Å². The Labute approximate surface area is 125 Å². The number of phenolic OH excluding ortho intramolecular Hbond substituents is 1. The van der Waals surface area contributed by atoms with Gasteiger partial charge in [0.05, 0.1) is 25.3 Å². The number of carbonyl (C=O) groups excluding carboxylic acids is 1. The summed E-state index contributed by atoms with van der Waals surface area (Å²) in [6.45, 7) is 1.92. The summed E-state index contributed by atoms with van der Waals surface area (Å²) in [6, 6.07) is 1.62. The molecule has 0 unspecified atom stereocenters. The lowest BCUT2D eigenvalue weighted by atomic mass is 10.2. The average molecular weight is 346 g/mol. The Bertz CT molecular complexity index is 516. The van der Waals surface area contributed by atoms with Crippen molar-refractivity contribution in [2.24, 2.45) is 4.99 Å². The van der Waals surface area contributed by atoms with Crippen LogP contribution in [0.25, 0.3) is 0 Å². The van der Waals surface area contributed by atoms with Gasteiger partial charge in [0.25, 0.3) is 0 Å². The highest BCUT2D eigenvalue weighted by atomic mass is 79.9. The summed E-state index contributed by atoms with van der Waals surface area (Å²) in [6.07, 6.45) is 1.37. The van der Waals surface area contributed by atoms with E-state index in [1.54, 1.807) is 13.0 Å². The highest BCUT2D eigenvalue weighted by Crippen LogP contribution is 2.43. The third-order valence-corrected chi connectivity index (χ3v) is 2.95. The molecule has 1 rings (SSSR count). The molecule has 0 saturated carbocycles. The molecule has 7 heteroatoms. The molecule has 0 radical (unpaired) electrons. The molecule has 0 atom stereocenters. The molecule has 1 aromatic carbocycles. The standard InChI is InChI=1S/C13H16BrNO5/c1-4-20-10(16)7-15-6-8-5-9(14)12(18-2)13(19-3)11(8)17/h5-6,17H,4,7H2,1-3H3. The largest absolute Gasteiger partial charge is 0.504 e. The maximum absolute atomic E-state index is 11.2. The fourth-order valence-electron chi connectivity index (χ4n) is 1.52. The summed E-state index contributed by atoms with van der Waals surface area (Å²) < 4.78 is 15.6. The van der Waals surface area contributed by atoms with E-state index in [0.29, 0.717) is 22.4 Å². The van der Waals surface area contributed by atoms with Gasteiger partial charge in [0.2, 0.25) is 5.75 Å². The highest BCUT2D eigenvalue weighted by Gasteiger charge is 2.17. The number of esters is 1. The van der Waals surface area contributed by atoms with Crippen molar-refractivity contribution in [2.75, 3.05) is 27.4 Å². The van der Waals surface area contributed by atoms with E-state index in [2.05, 4.69) is 20.9 Å². The number of carbonyl (C=O) groups is 1. The van der Waals surface area contributed by atoms with Gasteiger partial charge in [0, 0.05) is 11.8 Å². The number of aromatic hydroxyl groups is 1. The SMILES string of the molecule is CCOC(=O)CN=Cc1cc(Br)c(OC)c(OC)c1O. The molecule has 110 valence electrons. The van der Waals surface area contributed by atoms with Crippen molar-refractivity contribution >= 4 is 28.1 Å². The van der Waals surface area contributed by atoms with Gasteiger partial charge >= 0.3 is 5.97 Å². The molecule has 0 bridgehead atoms. The quantitative estimate of drug-likeness (QED) is 0.631. The van der Waals surface area contributed by atoms with E-state index in [0.717, 1.165) is 0 Å². The van der Waals surface area contributed by atoms with Crippen LogP contribution >= 0.6 is 15.9 Å². The van der Waals surface area contributed by atoms with Gasteiger partial charge in [-0.15, -0.1) is 0 Å². The molecule has 6 nitrogen and oxygen atoms in total. The minimum Gasteiger partial charge on any atom is -0.504 e. The van der Waals surface area contributed by atoms with Gasteiger partial charge in [-0.05, 0) is 28.9 Å². The summed E-state index contributed by atoms with van der Waals surface area (Å²) in [5, 5.41) is 10.1. The lowest BCUT2D eigenvalue weighted by molar-refractivity contribution is -0.141. The maximum atomic E-state index is 11.2. The van der Waals surface area contributed by atoms with Gasteiger partial charge in [0.15, 0.2) is 11.5 Å². The van der Waals surface area contributed by atoms with E-state index in [-0.39, 0.29) is 18.0 Å². The van der Waals surface area contributed by atoms with E-state index in [9.17, 15) is 9.90 Å². The lowest BCUT2D eigenvalue weighted by Gasteiger charge is -2.12. The molecule has 0 aliphatic heterocycles. The number of hydrogen-bond acceptors (Lipinski definition) is 6. The first kappa shape index (κ1) is 16.3. The highest BCUT2D eigenvalue weighted by molar-refractivity contribution is 9.10. The van der Waals surface area contributed by atoms with Gasteiger partial charge in [-0.1, -0.05) is 0 Å². The number of methoxy groups -OCH3 is 2. The van der Waals surface area contributed by atoms with E-state index in [1.165, 1.54) is 20.4 Å².